The molecular weight excluding hydrogens is 324 g/mol. The number of hydrogen-bond acceptors (Lipinski definition) is 2. The number of rotatable bonds is 4. The van der Waals surface area contributed by atoms with Crippen molar-refractivity contribution in [2.45, 2.75) is 57.4 Å². The summed E-state index contributed by atoms with van der Waals surface area (Å²) in [6, 6.07) is 4.44. The quantitative estimate of drug-likeness (QED) is 0.879. The van der Waals surface area contributed by atoms with Crippen LogP contribution in [0.4, 0.5) is 0 Å². The molecule has 114 valence electrons. The average molecular weight is 349 g/mol. The van der Waals surface area contributed by atoms with E-state index in [-0.39, 0.29) is 6.04 Å². The van der Waals surface area contributed by atoms with E-state index in [2.05, 4.69) is 33.0 Å². The van der Waals surface area contributed by atoms with Gasteiger partial charge in [-0.05, 0) is 96.2 Å². The van der Waals surface area contributed by atoms with E-state index in [1.165, 1.54) is 44.9 Å². The fourth-order valence-corrected chi connectivity index (χ4v) is 6.20. The van der Waals surface area contributed by atoms with Crippen molar-refractivity contribution >= 4 is 15.9 Å². The monoisotopic (exact) mass is 348 g/mol. The van der Waals surface area contributed by atoms with Crippen molar-refractivity contribution in [1.82, 2.24) is 4.98 Å². The first-order chi connectivity index (χ1) is 10.1. The maximum Gasteiger partial charge on any atom is 0.0419 e. The Balaban J connectivity index is 1.42. The van der Waals surface area contributed by atoms with E-state index in [4.69, 9.17) is 5.73 Å². The summed E-state index contributed by atoms with van der Waals surface area (Å²) >= 11 is 3.44. The number of aromatic nitrogens is 1. The lowest BCUT2D eigenvalue weighted by molar-refractivity contribution is -0.0603. The van der Waals surface area contributed by atoms with Crippen molar-refractivity contribution in [3.8, 4) is 0 Å². The normalized spacial score (nSPS) is 38.7. The summed E-state index contributed by atoms with van der Waals surface area (Å²) in [5.74, 6) is 3.07. The Labute approximate surface area is 136 Å². The van der Waals surface area contributed by atoms with Crippen LogP contribution >= 0.6 is 15.9 Å². The summed E-state index contributed by atoms with van der Waals surface area (Å²) in [6.07, 6.45) is 13.0. The second-order valence-corrected chi connectivity index (χ2v) is 8.97. The molecule has 5 rings (SSSR count). The molecule has 0 saturated heterocycles. The van der Waals surface area contributed by atoms with Gasteiger partial charge in [0, 0.05) is 28.8 Å². The fourth-order valence-electron chi connectivity index (χ4n) is 5.96. The topological polar surface area (TPSA) is 38.9 Å². The molecule has 3 heteroatoms. The molecule has 2 N–H and O–H groups in total. The first kappa shape index (κ1) is 14.2. The van der Waals surface area contributed by atoms with Gasteiger partial charge < -0.3 is 5.73 Å². The minimum atomic E-state index is 0.273. The molecule has 1 atom stereocenters. The molecule has 0 aliphatic heterocycles. The summed E-state index contributed by atoms with van der Waals surface area (Å²) in [7, 11) is 0. The van der Waals surface area contributed by atoms with Gasteiger partial charge in [0.05, 0.1) is 0 Å². The van der Waals surface area contributed by atoms with E-state index in [0.29, 0.717) is 5.41 Å². The fraction of sp³-hybridized carbons (Fsp3) is 0.722. The molecule has 0 spiro atoms. The van der Waals surface area contributed by atoms with Crippen LogP contribution in [-0.2, 0) is 6.42 Å². The van der Waals surface area contributed by atoms with Crippen LogP contribution in [0.15, 0.2) is 22.8 Å². The summed E-state index contributed by atoms with van der Waals surface area (Å²) in [6.45, 7) is 0. The molecule has 1 aromatic rings. The van der Waals surface area contributed by atoms with Gasteiger partial charge >= 0.3 is 0 Å². The molecule has 2 nitrogen and oxygen atoms in total. The minimum Gasteiger partial charge on any atom is -0.327 e. The van der Waals surface area contributed by atoms with Gasteiger partial charge in [-0.15, -0.1) is 0 Å². The molecule has 4 bridgehead atoms. The van der Waals surface area contributed by atoms with E-state index < -0.39 is 0 Å². The highest BCUT2D eigenvalue weighted by Gasteiger charge is 2.50. The minimum absolute atomic E-state index is 0.273. The molecule has 1 heterocycles. The summed E-state index contributed by atoms with van der Waals surface area (Å²) in [4.78, 5) is 4.49. The zero-order valence-electron chi connectivity index (χ0n) is 12.6. The molecule has 0 aromatic carbocycles. The molecule has 4 aliphatic carbocycles. The lowest BCUT2D eigenvalue weighted by Gasteiger charge is -2.57. The Morgan fingerprint density at radius 1 is 1.14 bits per heavy atom. The molecule has 0 radical (unpaired) electrons. The SMILES string of the molecule is NC(Cc1ccc(Br)cn1)CC12CC3CC(CC(C3)C1)C2. The number of hydrogen-bond donors (Lipinski definition) is 1. The summed E-state index contributed by atoms with van der Waals surface area (Å²) in [5, 5.41) is 0. The Kier molecular flexibility index (Phi) is 3.61. The zero-order valence-corrected chi connectivity index (χ0v) is 14.2. The van der Waals surface area contributed by atoms with Crippen LogP contribution in [0.1, 0.15) is 50.6 Å². The van der Waals surface area contributed by atoms with Gasteiger partial charge in [-0.2, -0.15) is 0 Å². The van der Waals surface area contributed by atoms with Gasteiger partial charge in [0.2, 0.25) is 0 Å². The molecule has 4 fully saturated rings. The van der Waals surface area contributed by atoms with Crippen molar-refractivity contribution in [3.63, 3.8) is 0 Å². The van der Waals surface area contributed by atoms with Crippen LogP contribution in [-0.4, -0.2) is 11.0 Å². The number of nitrogens with two attached hydrogens (primary N) is 1. The maximum absolute atomic E-state index is 6.51. The average Bonchev–Trinajstić information content (AvgIpc) is 2.39. The van der Waals surface area contributed by atoms with Gasteiger partial charge in [-0.25, -0.2) is 0 Å². The van der Waals surface area contributed by atoms with Crippen molar-refractivity contribution in [3.05, 3.63) is 28.5 Å². The van der Waals surface area contributed by atoms with Crippen molar-refractivity contribution in [2.75, 3.05) is 0 Å². The first-order valence-corrected chi connectivity index (χ1v) is 9.25. The van der Waals surface area contributed by atoms with Crippen LogP contribution < -0.4 is 5.73 Å². The van der Waals surface area contributed by atoms with E-state index >= 15 is 0 Å². The highest BCUT2D eigenvalue weighted by Crippen LogP contribution is 2.61. The Bertz CT molecular complexity index is 475. The third-order valence-electron chi connectivity index (χ3n) is 6.12. The molecule has 1 aromatic heterocycles. The second kappa shape index (κ2) is 5.34. The van der Waals surface area contributed by atoms with E-state index in [9.17, 15) is 0 Å². The van der Waals surface area contributed by atoms with Crippen LogP contribution in [0.25, 0.3) is 0 Å². The predicted molar refractivity (Wildman–Crippen MR) is 88.8 cm³/mol. The van der Waals surface area contributed by atoms with Crippen LogP contribution in [0.2, 0.25) is 0 Å². The maximum atomic E-state index is 6.51. The smallest absolute Gasteiger partial charge is 0.0419 e. The summed E-state index contributed by atoms with van der Waals surface area (Å²) in [5.41, 5.74) is 8.23. The van der Waals surface area contributed by atoms with Crippen molar-refractivity contribution < 1.29 is 0 Å². The Morgan fingerprint density at radius 2 is 1.76 bits per heavy atom. The van der Waals surface area contributed by atoms with Gasteiger partial charge in [0.15, 0.2) is 0 Å². The molecule has 0 amide bonds. The Hall–Kier alpha value is -0.410. The van der Waals surface area contributed by atoms with Crippen LogP contribution in [0.5, 0.6) is 0 Å². The third kappa shape index (κ3) is 2.92. The molecule has 21 heavy (non-hydrogen) atoms. The highest BCUT2D eigenvalue weighted by atomic mass is 79.9. The second-order valence-electron chi connectivity index (χ2n) is 8.05. The third-order valence-corrected chi connectivity index (χ3v) is 6.59. The molecule has 1 unspecified atom stereocenters. The van der Waals surface area contributed by atoms with Gasteiger partial charge in [-0.1, -0.05) is 0 Å². The lowest BCUT2D eigenvalue weighted by Crippen LogP contribution is -2.48. The van der Waals surface area contributed by atoms with E-state index in [1.54, 1.807) is 0 Å². The molecule has 4 aliphatic rings. The molecular formula is C18H25BrN2. The van der Waals surface area contributed by atoms with E-state index in [0.717, 1.165) is 34.3 Å². The van der Waals surface area contributed by atoms with Gasteiger partial charge in [0.1, 0.15) is 0 Å². The van der Waals surface area contributed by atoms with Crippen LogP contribution in [0.3, 0.4) is 0 Å². The lowest BCUT2D eigenvalue weighted by atomic mass is 9.48. The molecule has 4 saturated carbocycles. The van der Waals surface area contributed by atoms with Crippen LogP contribution in [0, 0.1) is 23.2 Å². The van der Waals surface area contributed by atoms with E-state index in [1.807, 2.05) is 6.20 Å². The first-order valence-electron chi connectivity index (χ1n) is 8.46. The largest absolute Gasteiger partial charge is 0.327 e. The number of nitrogens with zero attached hydrogens (tertiary/aromatic N) is 1. The van der Waals surface area contributed by atoms with Crippen molar-refractivity contribution in [2.24, 2.45) is 28.9 Å². The Morgan fingerprint density at radius 3 is 2.29 bits per heavy atom. The van der Waals surface area contributed by atoms with Gasteiger partial charge in [0.25, 0.3) is 0 Å². The zero-order chi connectivity index (χ0) is 14.4. The highest BCUT2D eigenvalue weighted by molar-refractivity contribution is 9.10. The van der Waals surface area contributed by atoms with Crippen molar-refractivity contribution in [1.29, 1.82) is 0 Å². The number of halogens is 1. The summed E-state index contributed by atoms with van der Waals surface area (Å²) < 4.78 is 1.04. The van der Waals surface area contributed by atoms with Gasteiger partial charge in [-0.3, -0.25) is 4.98 Å². The number of pyridine rings is 1. The standard InChI is InChI=1S/C18H25BrN2/c19-15-1-2-17(21-11-15)6-16(20)10-18-7-12-3-13(8-18)5-14(4-12)9-18/h1-2,11-14,16H,3-10,20H2. The predicted octanol–water partition coefficient (Wildman–Crippen LogP) is 4.32.